The van der Waals surface area contributed by atoms with Gasteiger partial charge in [0.25, 0.3) is 0 Å². The van der Waals surface area contributed by atoms with Gasteiger partial charge in [0.15, 0.2) is 0 Å². The van der Waals surface area contributed by atoms with Crippen molar-refractivity contribution in [3.05, 3.63) is 0 Å². The van der Waals surface area contributed by atoms with Gasteiger partial charge in [0.05, 0.1) is 13.2 Å². The summed E-state index contributed by atoms with van der Waals surface area (Å²) in [6.07, 6.45) is -4.33. The van der Waals surface area contributed by atoms with Crippen molar-refractivity contribution >= 4 is 5.78 Å². The van der Waals surface area contributed by atoms with E-state index in [1.54, 1.807) is 0 Å². The van der Waals surface area contributed by atoms with Gasteiger partial charge in [0.2, 0.25) is 0 Å². The lowest BCUT2D eigenvalue weighted by molar-refractivity contribution is -0.124. The van der Waals surface area contributed by atoms with Crippen molar-refractivity contribution in [2.24, 2.45) is 0 Å². The van der Waals surface area contributed by atoms with E-state index in [1.165, 1.54) is 0 Å². The lowest BCUT2D eigenvalue weighted by atomic mass is 10.2. The van der Waals surface area contributed by atoms with Crippen molar-refractivity contribution in [1.29, 1.82) is 0 Å². The van der Waals surface area contributed by atoms with Crippen LogP contribution in [-0.2, 0) is 9.53 Å². The van der Waals surface area contributed by atoms with Crippen molar-refractivity contribution in [3.63, 3.8) is 0 Å². The first-order valence-electron chi connectivity index (χ1n) is 3.99. The SMILES string of the molecule is [2H]C1([2H])COCC([2H])([2H])C1=O. The van der Waals surface area contributed by atoms with Gasteiger partial charge in [-0.25, -0.2) is 0 Å². The molecule has 0 N–H and O–H groups in total. The fourth-order valence-corrected chi connectivity index (χ4v) is 0.347. The Morgan fingerprint density at radius 2 is 2.14 bits per heavy atom. The second kappa shape index (κ2) is 2.07. The van der Waals surface area contributed by atoms with E-state index < -0.39 is 18.5 Å². The molecule has 1 saturated heterocycles. The minimum Gasteiger partial charge on any atom is -0.381 e. The molecule has 0 unspecified atom stereocenters. The third kappa shape index (κ3) is 1.27. The van der Waals surface area contributed by atoms with E-state index in [0.29, 0.717) is 0 Å². The summed E-state index contributed by atoms with van der Waals surface area (Å²) in [7, 11) is 0. The van der Waals surface area contributed by atoms with Crippen LogP contribution in [0.4, 0.5) is 0 Å². The Labute approximate surface area is 48.1 Å². The molecule has 2 nitrogen and oxygen atoms in total. The lowest BCUT2D eigenvalue weighted by Gasteiger charge is -2.07. The summed E-state index contributed by atoms with van der Waals surface area (Å²) in [6.45, 7) is -0.684. The van der Waals surface area contributed by atoms with E-state index >= 15 is 0 Å². The van der Waals surface area contributed by atoms with Gasteiger partial charge in [0, 0.05) is 18.2 Å². The van der Waals surface area contributed by atoms with Gasteiger partial charge in [-0.15, -0.1) is 0 Å². The molecule has 0 bridgehead atoms. The van der Waals surface area contributed by atoms with Gasteiger partial charge in [-0.05, 0) is 0 Å². The van der Waals surface area contributed by atoms with E-state index in [2.05, 4.69) is 4.74 Å². The number of carbonyl (C=O) groups excluding carboxylic acids is 1. The highest BCUT2D eigenvalue weighted by molar-refractivity contribution is 5.78. The van der Waals surface area contributed by atoms with Crippen molar-refractivity contribution < 1.29 is 15.0 Å². The summed E-state index contributed by atoms with van der Waals surface area (Å²) in [4.78, 5) is 10.9. The van der Waals surface area contributed by atoms with Crippen molar-refractivity contribution in [2.45, 2.75) is 12.7 Å². The predicted molar refractivity (Wildman–Crippen MR) is 25.1 cm³/mol. The zero-order valence-electron chi connectivity index (χ0n) is 7.73. The molecular formula is C5H8O2. The Kier molecular flexibility index (Phi) is 0.551. The molecule has 0 radical (unpaired) electrons. The summed E-state index contributed by atoms with van der Waals surface area (Å²) < 4.78 is 32.8. The maximum Gasteiger partial charge on any atom is 0.137 e. The molecule has 2 heteroatoms. The standard InChI is InChI=1S/C5H8O2/c6-5-1-3-7-4-2-5/h1-4H2/i1D2,2D2. The fourth-order valence-electron chi connectivity index (χ4n) is 0.347. The second-order valence-electron chi connectivity index (χ2n) is 1.18. The van der Waals surface area contributed by atoms with Crippen LogP contribution in [-0.4, -0.2) is 19.0 Å². The minimum absolute atomic E-state index is 0.342. The molecule has 0 saturated carbocycles. The highest BCUT2D eigenvalue weighted by Crippen LogP contribution is 1.98. The quantitative estimate of drug-likeness (QED) is 0.443. The molecule has 0 amide bonds. The maximum atomic E-state index is 10.9. The first-order chi connectivity index (χ1) is 4.86. The molecule has 7 heavy (non-hydrogen) atoms. The van der Waals surface area contributed by atoms with Gasteiger partial charge in [-0.3, -0.25) is 4.79 Å². The highest BCUT2D eigenvalue weighted by Gasteiger charge is 2.06. The van der Waals surface area contributed by atoms with Gasteiger partial charge < -0.3 is 4.74 Å². The van der Waals surface area contributed by atoms with Crippen LogP contribution in [0.3, 0.4) is 0 Å². The Balaban J connectivity index is 2.85. The molecular weight excluding hydrogens is 92.1 g/mol. The molecule has 1 heterocycles. The first kappa shape index (κ1) is 1.86. The number of hydrogen-bond acceptors (Lipinski definition) is 2. The molecule has 1 aliphatic rings. The zero-order valence-corrected chi connectivity index (χ0v) is 3.73. The third-order valence-electron chi connectivity index (χ3n) is 0.670. The van der Waals surface area contributed by atoms with E-state index in [-0.39, 0.29) is 13.2 Å². The predicted octanol–water partition coefficient (Wildman–Crippen LogP) is 0.366. The van der Waals surface area contributed by atoms with Crippen molar-refractivity contribution in [2.75, 3.05) is 13.2 Å². The monoisotopic (exact) mass is 104 g/mol. The molecule has 0 atom stereocenters. The smallest absolute Gasteiger partial charge is 0.137 e. The number of Topliss-reactive ketones (excluding diaryl/α,β-unsaturated/α-hetero) is 1. The Morgan fingerprint density at radius 1 is 1.57 bits per heavy atom. The van der Waals surface area contributed by atoms with Gasteiger partial charge >= 0.3 is 0 Å². The topological polar surface area (TPSA) is 26.3 Å². The molecule has 40 valence electrons. The maximum absolute atomic E-state index is 10.9. The molecule has 1 fully saturated rings. The summed E-state index contributed by atoms with van der Waals surface area (Å²) in [5.41, 5.74) is 0. The number of hydrogen-bond donors (Lipinski definition) is 0. The fraction of sp³-hybridized carbons (Fsp3) is 0.800. The van der Waals surface area contributed by atoms with Crippen LogP contribution in [0.15, 0.2) is 0 Å². The third-order valence-corrected chi connectivity index (χ3v) is 0.670. The second-order valence-corrected chi connectivity index (χ2v) is 1.18. The van der Waals surface area contributed by atoms with Crippen LogP contribution in [0.25, 0.3) is 0 Å². The number of ether oxygens (including phenoxy) is 1. The molecule has 0 spiro atoms. The minimum atomic E-state index is -2.16. The summed E-state index contributed by atoms with van der Waals surface area (Å²) >= 11 is 0. The molecule has 0 aromatic rings. The van der Waals surface area contributed by atoms with Crippen LogP contribution >= 0.6 is 0 Å². The van der Waals surface area contributed by atoms with E-state index in [0.717, 1.165) is 0 Å². The number of ketones is 1. The Hall–Kier alpha value is -0.370. The van der Waals surface area contributed by atoms with Crippen LogP contribution in [0, 0.1) is 0 Å². The summed E-state index contributed by atoms with van der Waals surface area (Å²) in [5.74, 6) is -1.02. The van der Waals surface area contributed by atoms with Gasteiger partial charge in [-0.1, -0.05) is 0 Å². The van der Waals surface area contributed by atoms with Crippen LogP contribution in [0.2, 0.25) is 0 Å². The van der Waals surface area contributed by atoms with Crippen LogP contribution < -0.4 is 0 Å². The van der Waals surface area contributed by atoms with Crippen LogP contribution in [0.5, 0.6) is 0 Å². The van der Waals surface area contributed by atoms with E-state index in [4.69, 9.17) is 5.48 Å². The molecule has 0 aromatic heterocycles. The summed E-state index contributed by atoms with van der Waals surface area (Å²) in [5, 5.41) is 0. The average Bonchev–Trinajstić information content (AvgIpc) is 1.82. The van der Waals surface area contributed by atoms with E-state index in [9.17, 15) is 4.79 Å². The van der Waals surface area contributed by atoms with Crippen molar-refractivity contribution in [3.8, 4) is 0 Å². The highest BCUT2D eigenvalue weighted by atomic mass is 16.5. The zero-order chi connectivity index (χ0) is 8.70. The van der Waals surface area contributed by atoms with Gasteiger partial charge in [-0.2, -0.15) is 0 Å². The Morgan fingerprint density at radius 3 is 2.57 bits per heavy atom. The first-order valence-corrected chi connectivity index (χ1v) is 1.99. The molecule has 1 rings (SSSR count). The largest absolute Gasteiger partial charge is 0.381 e. The molecule has 0 aromatic carbocycles. The summed E-state index contributed by atoms with van der Waals surface area (Å²) in [6, 6.07) is 0. The number of carbonyl (C=O) groups is 1. The van der Waals surface area contributed by atoms with Crippen molar-refractivity contribution in [1.82, 2.24) is 0 Å². The number of rotatable bonds is 0. The molecule has 1 aliphatic heterocycles. The van der Waals surface area contributed by atoms with Gasteiger partial charge in [0.1, 0.15) is 5.78 Å². The average molecular weight is 104 g/mol. The normalized spacial score (nSPS) is 45.4. The van der Waals surface area contributed by atoms with Crippen LogP contribution in [0.1, 0.15) is 18.2 Å². The Bertz CT molecular complexity index is 171. The lowest BCUT2D eigenvalue weighted by Crippen LogP contribution is -2.14. The molecule has 0 aliphatic carbocycles. The van der Waals surface area contributed by atoms with E-state index in [1.807, 2.05) is 0 Å².